The van der Waals surface area contributed by atoms with Gasteiger partial charge in [0.05, 0.1) is 26.3 Å². The number of carbonyl (C=O) groups excluding carboxylic acids is 3. The Kier molecular flexibility index (Phi) is 7.11. The van der Waals surface area contributed by atoms with Crippen molar-refractivity contribution >= 4 is 34.8 Å². The number of ether oxygens (including phenoxy) is 4. The summed E-state index contributed by atoms with van der Waals surface area (Å²) >= 11 is 0. The summed E-state index contributed by atoms with van der Waals surface area (Å²) < 4.78 is 20.7. The van der Waals surface area contributed by atoms with Gasteiger partial charge in [-0.15, -0.1) is 0 Å². The Balaban J connectivity index is 1.52. The molecule has 0 unspecified atom stereocenters. The molecule has 0 radical (unpaired) electrons. The number of nitrogens with zero attached hydrogens (tertiary/aromatic N) is 1. The number of carbonyl (C=O) groups is 3. The van der Waals surface area contributed by atoms with Crippen LogP contribution in [0.2, 0.25) is 0 Å². The van der Waals surface area contributed by atoms with Gasteiger partial charge in [-0.25, -0.2) is 5.43 Å². The van der Waals surface area contributed by atoms with E-state index in [1.165, 1.54) is 20.3 Å². The van der Waals surface area contributed by atoms with Crippen LogP contribution in [0.3, 0.4) is 0 Å². The molecule has 0 aromatic heterocycles. The largest absolute Gasteiger partial charge is 0.497 e. The zero-order valence-electron chi connectivity index (χ0n) is 17.7. The van der Waals surface area contributed by atoms with Gasteiger partial charge in [-0.1, -0.05) is 0 Å². The third-order valence-corrected chi connectivity index (χ3v) is 4.28. The lowest BCUT2D eigenvalue weighted by molar-refractivity contribution is -0.136. The van der Waals surface area contributed by atoms with Crippen molar-refractivity contribution in [2.75, 3.05) is 31.6 Å². The fourth-order valence-electron chi connectivity index (χ4n) is 2.74. The molecular formula is C21H22N4O7. The van der Waals surface area contributed by atoms with Crippen LogP contribution in [0.25, 0.3) is 0 Å². The van der Waals surface area contributed by atoms with E-state index in [-0.39, 0.29) is 24.8 Å². The van der Waals surface area contributed by atoms with Crippen molar-refractivity contribution in [1.82, 2.24) is 5.43 Å². The van der Waals surface area contributed by atoms with Crippen LogP contribution in [0.4, 0.5) is 11.4 Å². The number of fused-ring (bicyclic) bond motifs is 1. The van der Waals surface area contributed by atoms with Crippen LogP contribution in [0, 0.1) is 0 Å². The molecule has 0 saturated heterocycles. The number of amides is 3. The maximum absolute atomic E-state index is 12.2. The summed E-state index contributed by atoms with van der Waals surface area (Å²) in [7, 11) is 2.90. The van der Waals surface area contributed by atoms with E-state index in [9.17, 15) is 14.4 Å². The minimum Gasteiger partial charge on any atom is -0.497 e. The molecule has 168 valence electrons. The van der Waals surface area contributed by atoms with E-state index in [0.29, 0.717) is 34.4 Å². The van der Waals surface area contributed by atoms with Crippen LogP contribution in [0.1, 0.15) is 13.3 Å². The molecule has 1 aliphatic heterocycles. The molecule has 0 bridgehead atoms. The fourth-order valence-corrected chi connectivity index (χ4v) is 2.74. The third-order valence-electron chi connectivity index (χ3n) is 4.28. The van der Waals surface area contributed by atoms with Crippen LogP contribution in [-0.2, 0) is 14.4 Å². The zero-order chi connectivity index (χ0) is 23.1. The minimum atomic E-state index is -1.01. The second-order valence-electron chi connectivity index (χ2n) is 6.60. The summed E-state index contributed by atoms with van der Waals surface area (Å²) in [6, 6.07) is 9.76. The molecule has 1 heterocycles. The molecule has 11 heteroatoms. The predicted octanol–water partition coefficient (Wildman–Crippen LogP) is 1.89. The normalized spacial score (nSPS) is 12.0. The highest BCUT2D eigenvalue weighted by atomic mass is 16.7. The van der Waals surface area contributed by atoms with E-state index in [0.717, 1.165) is 0 Å². The molecular weight excluding hydrogens is 420 g/mol. The second-order valence-corrected chi connectivity index (χ2v) is 6.60. The summed E-state index contributed by atoms with van der Waals surface area (Å²) in [4.78, 5) is 36.4. The van der Waals surface area contributed by atoms with E-state index in [2.05, 4.69) is 21.2 Å². The van der Waals surface area contributed by atoms with Crippen molar-refractivity contribution in [2.45, 2.75) is 13.3 Å². The lowest BCUT2D eigenvalue weighted by atomic mass is 10.2. The van der Waals surface area contributed by atoms with Gasteiger partial charge in [-0.05, 0) is 31.2 Å². The van der Waals surface area contributed by atoms with Crippen molar-refractivity contribution < 1.29 is 33.3 Å². The first-order valence-corrected chi connectivity index (χ1v) is 9.45. The van der Waals surface area contributed by atoms with Crippen LogP contribution in [0.15, 0.2) is 41.5 Å². The molecule has 0 saturated carbocycles. The topological polar surface area (TPSA) is 137 Å². The van der Waals surface area contributed by atoms with E-state index >= 15 is 0 Å². The van der Waals surface area contributed by atoms with E-state index in [4.69, 9.17) is 18.9 Å². The second kappa shape index (κ2) is 10.2. The molecule has 3 rings (SSSR count). The van der Waals surface area contributed by atoms with Gasteiger partial charge in [0.2, 0.25) is 12.7 Å². The highest BCUT2D eigenvalue weighted by Crippen LogP contribution is 2.34. The Hall–Kier alpha value is -4.28. The lowest BCUT2D eigenvalue weighted by Gasteiger charge is -2.11. The highest BCUT2D eigenvalue weighted by Gasteiger charge is 2.17. The van der Waals surface area contributed by atoms with Gasteiger partial charge in [0, 0.05) is 23.5 Å². The zero-order valence-corrected chi connectivity index (χ0v) is 17.7. The number of hydrazone groups is 1. The van der Waals surface area contributed by atoms with Crippen molar-refractivity contribution in [3.8, 4) is 23.0 Å². The molecule has 0 spiro atoms. The molecule has 0 fully saturated rings. The monoisotopic (exact) mass is 442 g/mol. The van der Waals surface area contributed by atoms with Gasteiger partial charge >= 0.3 is 11.8 Å². The number of rotatable bonds is 7. The van der Waals surface area contributed by atoms with E-state index in [1.54, 1.807) is 37.3 Å². The molecule has 0 aliphatic carbocycles. The molecule has 2 aromatic rings. The Labute approximate surface area is 183 Å². The number of benzene rings is 2. The van der Waals surface area contributed by atoms with E-state index in [1.807, 2.05) is 0 Å². The van der Waals surface area contributed by atoms with Gasteiger partial charge in [0.15, 0.2) is 11.5 Å². The van der Waals surface area contributed by atoms with Crippen LogP contribution < -0.4 is 35.0 Å². The Morgan fingerprint density at radius 1 is 0.969 bits per heavy atom. The first kappa shape index (κ1) is 22.4. The molecule has 11 nitrogen and oxygen atoms in total. The summed E-state index contributed by atoms with van der Waals surface area (Å²) in [5, 5.41) is 8.92. The molecule has 3 N–H and O–H groups in total. The van der Waals surface area contributed by atoms with Crippen LogP contribution in [-0.4, -0.2) is 44.4 Å². The Morgan fingerprint density at radius 3 is 2.50 bits per heavy atom. The molecule has 1 aliphatic rings. The van der Waals surface area contributed by atoms with Crippen molar-refractivity contribution in [3.05, 3.63) is 36.4 Å². The van der Waals surface area contributed by atoms with Gasteiger partial charge in [0.1, 0.15) is 11.5 Å². The average Bonchev–Trinajstić information content (AvgIpc) is 3.25. The summed E-state index contributed by atoms with van der Waals surface area (Å²) in [6.45, 7) is 1.68. The van der Waals surface area contributed by atoms with Crippen molar-refractivity contribution in [1.29, 1.82) is 0 Å². The maximum Gasteiger partial charge on any atom is 0.329 e. The molecule has 2 aromatic carbocycles. The first-order chi connectivity index (χ1) is 15.4. The summed E-state index contributed by atoms with van der Waals surface area (Å²) in [6.07, 6.45) is -0.0972. The number of anilines is 2. The van der Waals surface area contributed by atoms with Crippen molar-refractivity contribution in [2.24, 2.45) is 5.10 Å². The smallest absolute Gasteiger partial charge is 0.329 e. The number of methoxy groups -OCH3 is 2. The van der Waals surface area contributed by atoms with Gasteiger partial charge in [0.25, 0.3) is 0 Å². The summed E-state index contributed by atoms with van der Waals surface area (Å²) in [5.74, 6) is -0.351. The molecule has 3 amide bonds. The SMILES string of the molecule is COc1ccc(OC)c(NC(=O)C(=O)N/N=C(\C)CC(=O)Nc2ccc3c(c2)OCO3)c1. The molecule has 32 heavy (non-hydrogen) atoms. The van der Waals surface area contributed by atoms with E-state index < -0.39 is 11.8 Å². The van der Waals surface area contributed by atoms with Gasteiger partial charge < -0.3 is 29.6 Å². The van der Waals surface area contributed by atoms with Crippen LogP contribution >= 0.6 is 0 Å². The fraction of sp³-hybridized carbons (Fsp3) is 0.238. The Morgan fingerprint density at radius 2 is 1.75 bits per heavy atom. The highest BCUT2D eigenvalue weighted by molar-refractivity contribution is 6.39. The van der Waals surface area contributed by atoms with Gasteiger partial charge in [-0.3, -0.25) is 14.4 Å². The van der Waals surface area contributed by atoms with Gasteiger partial charge in [-0.2, -0.15) is 5.10 Å². The number of nitrogens with one attached hydrogen (secondary N) is 3. The molecule has 0 atom stereocenters. The standard InChI is InChI=1S/C21H22N4O7/c1-12(8-19(26)22-13-4-6-17-18(9-13)32-11-31-17)24-25-21(28)20(27)23-15-10-14(29-2)5-7-16(15)30-3/h4-7,9-10H,8,11H2,1-3H3,(H,22,26)(H,23,27)(H,25,28)/b24-12+. The number of hydrogen-bond donors (Lipinski definition) is 3. The quantitative estimate of drug-likeness (QED) is 0.338. The average molecular weight is 442 g/mol. The van der Waals surface area contributed by atoms with Crippen molar-refractivity contribution in [3.63, 3.8) is 0 Å². The minimum absolute atomic E-state index is 0.0972. The lowest BCUT2D eigenvalue weighted by Crippen LogP contribution is -2.33. The number of hydrogen-bond acceptors (Lipinski definition) is 8. The predicted molar refractivity (Wildman–Crippen MR) is 115 cm³/mol. The Bertz CT molecular complexity index is 1070. The summed E-state index contributed by atoms with van der Waals surface area (Å²) in [5.41, 5.74) is 3.21. The first-order valence-electron chi connectivity index (χ1n) is 9.45. The van der Waals surface area contributed by atoms with Crippen LogP contribution in [0.5, 0.6) is 23.0 Å². The third kappa shape index (κ3) is 5.65. The maximum atomic E-state index is 12.2.